The summed E-state index contributed by atoms with van der Waals surface area (Å²) in [5.41, 5.74) is 0. The molecule has 0 fully saturated rings. The van der Waals surface area contributed by atoms with Crippen LogP contribution in [-0.4, -0.2) is 14.7 Å². The van der Waals surface area contributed by atoms with Gasteiger partial charge < -0.3 is 10.1 Å². The molecule has 0 amide bonds. The first-order chi connectivity index (χ1) is 6.65. The van der Waals surface area contributed by atoms with Crippen LogP contribution in [0.1, 0.15) is 12.8 Å². The van der Waals surface area contributed by atoms with E-state index in [2.05, 4.69) is 27.6 Å². The highest BCUT2D eigenvalue weighted by atomic mass is 79.9. The number of hydrogen-bond acceptors (Lipinski definition) is 3. The average Bonchev–Trinajstić information content (AvgIpc) is 2.47. The molecule has 1 aromatic rings. The molecule has 0 bridgehead atoms. The maximum atomic E-state index is 10.4. The molecule has 0 aliphatic heterocycles. The van der Waals surface area contributed by atoms with Gasteiger partial charge in [-0.05, 0) is 33.7 Å². The summed E-state index contributed by atoms with van der Waals surface area (Å²) in [7, 11) is 0. The maximum Gasteiger partial charge on any atom is 0.404 e. The zero-order valence-corrected chi connectivity index (χ0v) is 9.11. The Morgan fingerprint density at radius 2 is 2.50 bits per heavy atom. The van der Waals surface area contributed by atoms with Gasteiger partial charge in [-0.15, -0.1) is 6.58 Å². The van der Waals surface area contributed by atoms with Crippen molar-refractivity contribution in [1.29, 1.82) is 0 Å². The minimum Gasteiger partial charge on any atom is -0.358 e. The van der Waals surface area contributed by atoms with Gasteiger partial charge >= 0.3 is 5.82 Å². The van der Waals surface area contributed by atoms with Crippen LogP contribution in [0.25, 0.3) is 0 Å². The van der Waals surface area contributed by atoms with Gasteiger partial charge in [0.2, 0.25) is 0 Å². The monoisotopic (exact) mass is 259 g/mol. The molecule has 1 heterocycles. The third kappa shape index (κ3) is 2.66. The molecular weight excluding hydrogens is 250 g/mol. The number of unbranched alkanes of at least 4 members (excludes halogenated alkanes) is 1. The summed E-state index contributed by atoms with van der Waals surface area (Å²) in [6.07, 6.45) is 5.19. The molecule has 0 saturated heterocycles. The van der Waals surface area contributed by atoms with Crippen LogP contribution < -0.4 is 0 Å². The first-order valence-electron chi connectivity index (χ1n) is 4.13. The Balaban J connectivity index is 2.66. The predicted octanol–water partition coefficient (Wildman–Crippen LogP) is 2.52. The Morgan fingerprint density at radius 1 is 1.79 bits per heavy atom. The number of rotatable bonds is 5. The second-order valence-electron chi connectivity index (χ2n) is 2.75. The summed E-state index contributed by atoms with van der Waals surface area (Å²) in [4.78, 5) is 9.94. The molecular formula is C8H10BrN3O2. The zero-order valence-electron chi connectivity index (χ0n) is 7.52. The largest absolute Gasteiger partial charge is 0.404 e. The molecule has 6 heteroatoms. The topological polar surface area (TPSA) is 61.0 Å². The van der Waals surface area contributed by atoms with E-state index >= 15 is 0 Å². The molecule has 1 rings (SSSR count). The van der Waals surface area contributed by atoms with Gasteiger partial charge in [0.25, 0.3) is 0 Å². The molecule has 0 atom stereocenters. The second kappa shape index (κ2) is 4.90. The van der Waals surface area contributed by atoms with Crippen molar-refractivity contribution in [2.45, 2.75) is 19.4 Å². The molecule has 1 aromatic heterocycles. The molecule has 0 N–H and O–H groups in total. The molecule has 0 spiro atoms. The van der Waals surface area contributed by atoms with Gasteiger partial charge in [-0.1, -0.05) is 6.08 Å². The van der Waals surface area contributed by atoms with Crippen molar-refractivity contribution in [2.24, 2.45) is 0 Å². The van der Waals surface area contributed by atoms with Crippen LogP contribution in [0.3, 0.4) is 0 Å². The number of nitro groups is 1. The molecule has 0 unspecified atom stereocenters. The van der Waals surface area contributed by atoms with E-state index in [1.807, 2.05) is 6.08 Å². The smallest absolute Gasteiger partial charge is 0.358 e. The fourth-order valence-electron chi connectivity index (χ4n) is 1.02. The van der Waals surface area contributed by atoms with Crippen LogP contribution in [0.15, 0.2) is 23.3 Å². The van der Waals surface area contributed by atoms with Gasteiger partial charge in [-0.25, -0.2) is 0 Å². The standard InChI is InChI=1S/C8H10BrN3O2/c1-2-3-4-5-11-6-7(9)8(10-11)12(13)14/h2,6H,1,3-5H2. The molecule has 0 saturated carbocycles. The summed E-state index contributed by atoms with van der Waals surface area (Å²) in [5, 5.41) is 14.3. The molecule has 76 valence electrons. The van der Waals surface area contributed by atoms with Gasteiger partial charge in [0, 0.05) is 0 Å². The van der Waals surface area contributed by atoms with Crippen molar-refractivity contribution in [3.8, 4) is 0 Å². The minimum absolute atomic E-state index is 0.136. The Bertz CT molecular complexity index is 348. The number of aromatic nitrogens is 2. The fraction of sp³-hybridized carbons (Fsp3) is 0.375. The van der Waals surface area contributed by atoms with E-state index in [1.54, 1.807) is 10.9 Å². The van der Waals surface area contributed by atoms with E-state index < -0.39 is 4.92 Å². The lowest BCUT2D eigenvalue weighted by Gasteiger charge is -1.92. The van der Waals surface area contributed by atoms with Crippen LogP contribution in [0, 0.1) is 10.1 Å². The number of aryl methyl sites for hydroxylation is 1. The Morgan fingerprint density at radius 3 is 3.00 bits per heavy atom. The number of halogens is 1. The van der Waals surface area contributed by atoms with E-state index in [9.17, 15) is 10.1 Å². The summed E-state index contributed by atoms with van der Waals surface area (Å²) in [6.45, 7) is 4.26. The van der Waals surface area contributed by atoms with Crippen molar-refractivity contribution in [3.63, 3.8) is 0 Å². The average molecular weight is 260 g/mol. The van der Waals surface area contributed by atoms with E-state index in [4.69, 9.17) is 0 Å². The fourth-order valence-corrected chi connectivity index (χ4v) is 1.48. The zero-order chi connectivity index (χ0) is 10.6. The van der Waals surface area contributed by atoms with Gasteiger partial charge in [-0.3, -0.25) is 0 Å². The number of nitrogens with zero attached hydrogens (tertiary/aromatic N) is 3. The highest BCUT2D eigenvalue weighted by Crippen LogP contribution is 2.22. The normalized spacial score (nSPS) is 10.1. The Labute approximate surface area is 89.7 Å². The Hall–Kier alpha value is -1.17. The van der Waals surface area contributed by atoms with Crippen LogP contribution in [-0.2, 0) is 6.54 Å². The quantitative estimate of drug-likeness (QED) is 0.353. The summed E-state index contributed by atoms with van der Waals surface area (Å²) < 4.78 is 1.98. The highest BCUT2D eigenvalue weighted by molar-refractivity contribution is 9.10. The van der Waals surface area contributed by atoms with E-state index in [-0.39, 0.29) is 5.82 Å². The Kier molecular flexibility index (Phi) is 3.82. The number of allylic oxidation sites excluding steroid dienone is 1. The van der Waals surface area contributed by atoms with E-state index in [0.29, 0.717) is 11.0 Å². The second-order valence-corrected chi connectivity index (χ2v) is 3.61. The van der Waals surface area contributed by atoms with Crippen molar-refractivity contribution in [2.75, 3.05) is 0 Å². The highest BCUT2D eigenvalue weighted by Gasteiger charge is 2.17. The van der Waals surface area contributed by atoms with E-state index in [1.165, 1.54) is 0 Å². The van der Waals surface area contributed by atoms with Crippen LogP contribution >= 0.6 is 15.9 Å². The first kappa shape index (κ1) is 10.9. The SMILES string of the molecule is C=CCCCn1cc(Br)c([N+](=O)[O-])n1. The van der Waals surface area contributed by atoms with Crippen LogP contribution in [0.2, 0.25) is 0 Å². The van der Waals surface area contributed by atoms with Crippen LogP contribution in [0.5, 0.6) is 0 Å². The lowest BCUT2D eigenvalue weighted by molar-refractivity contribution is -0.390. The molecule has 14 heavy (non-hydrogen) atoms. The lowest BCUT2D eigenvalue weighted by Crippen LogP contribution is -1.99. The first-order valence-corrected chi connectivity index (χ1v) is 4.92. The molecule has 5 nitrogen and oxygen atoms in total. The van der Waals surface area contributed by atoms with Gasteiger partial charge in [-0.2, -0.15) is 4.68 Å². The van der Waals surface area contributed by atoms with Crippen molar-refractivity contribution in [1.82, 2.24) is 9.78 Å². The summed E-state index contributed by atoms with van der Waals surface area (Å²) in [6, 6.07) is 0. The van der Waals surface area contributed by atoms with Crippen molar-refractivity contribution < 1.29 is 4.92 Å². The molecule has 0 aliphatic carbocycles. The van der Waals surface area contributed by atoms with Gasteiger partial charge in [0.15, 0.2) is 0 Å². The molecule has 0 radical (unpaired) electrons. The molecule has 0 aromatic carbocycles. The third-order valence-electron chi connectivity index (χ3n) is 1.67. The lowest BCUT2D eigenvalue weighted by atomic mass is 10.3. The maximum absolute atomic E-state index is 10.4. The summed E-state index contributed by atoms with van der Waals surface area (Å²) in [5.74, 6) is -0.136. The third-order valence-corrected chi connectivity index (χ3v) is 2.23. The van der Waals surface area contributed by atoms with Crippen molar-refractivity contribution in [3.05, 3.63) is 33.4 Å². The van der Waals surface area contributed by atoms with E-state index in [0.717, 1.165) is 12.8 Å². The number of hydrogen-bond donors (Lipinski definition) is 0. The van der Waals surface area contributed by atoms with Gasteiger partial charge in [0.05, 0.1) is 17.8 Å². The predicted molar refractivity (Wildman–Crippen MR) is 56.0 cm³/mol. The van der Waals surface area contributed by atoms with Crippen molar-refractivity contribution >= 4 is 21.7 Å². The minimum atomic E-state index is -0.506. The van der Waals surface area contributed by atoms with Crippen LogP contribution in [0.4, 0.5) is 5.82 Å². The molecule has 0 aliphatic rings. The summed E-state index contributed by atoms with van der Waals surface area (Å²) >= 11 is 3.08. The van der Waals surface area contributed by atoms with Gasteiger partial charge in [0.1, 0.15) is 4.47 Å².